The number of imidazole rings is 1. The molecule has 0 saturated heterocycles. The minimum atomic E-state index is -4.55. The lowest BCUT2D eigenvalue weighted by atomic mass is 9.89. The third kappa shape index (κ3) is 4.46. The number of alkyl halides is 3. The van der Waals surface area contributed by atoms with Gasteiger partial charge in [0.25, 0.3) is 0 Å². The molecule has 0 aliphatic heterocycles. The number of aromatic amines is 1. The van der Waals surface area contributed by atoms with Crippen molar-refractivity contribution in [2.45, 2.75) is 52.3 Å². The van der Waals surface area contributed by atoms with Crippen molar-refractivity contribution < 1.29 is 17.9 Å². The molecule has 35 heavy (non-hydrogen) atoms. The van der Waals surface area contributed by atoms with E-state index in [0.29, 0.717) is 33.8 Å². The van der Waals surface area contributed by atoms with Crippen LogP contribution in [0.2, 0.25) is 0 Å². The number of ether oxygens (including phenoxy) is 1. The van der Waals surface area contributed by atoms with Crippen molar-refractivity contribution in [1.82, 2.24) is 24.7 Å². The normalized spacial score (nSPS) is 12.4. The molecule has 0 spiro atoms. The first-order valence-corrected chi connectivity index (χ1v) is 11.0. The molecular weight excluding hydrogens is 457 g/mol. The quantitative estimate of drug-likeness (QED) is 0.385. The van der Waals surface area contributed by atoms with E-state index in [1.165, 1.54) is 24.3 Å². The van der Waals surface area contributed by atoms with Gasteiger partial charge in [0.05, 0.1) is 28.6 Å². The minimum Gasteiger partial charge on any atom is -0.473 e. The second-order valence-electron chi connectivity index (χ2n) is 9.56. The Morgan fingerprint density at radius 2 is 1.80 bits per heavy atom. The number of nitrogens with one attached hydrogen (secondary N) is 1. The standard InChI is InChI=1S/C25H25F3N6O/c1-13(2)35-23-19-18(11-17(31-23)14-9-7-8-10-16(14)25(26,27)28)30-22(32-19)20-15(12-29)21(24(3,4)5)33-34(20)6/h7-11,13H,1-6H3,(H,30,32). The van der Waals surface area contributed by atoms with Crippen LogP contribution in [0.4, 0.5) is 13.2 Å². The molecule has 7 nitrogen and oxygen atoms in total. The Hall–Kier alpha value is -3.87. The van der Waals surface area contributed by atoms with Crippen LogP contribution in [0.15, 0.2) is 30.3 Å². The minimum absolute atomic E-state index is 0.0695. The summed E-state index contributed by atoms with van der Waals surface area (Å²) in [7, 11) is 1.72. The fourth-order valence-corrected chi connectivity index (χ4v) is 3.92. The molecule has 0 saturated carbocycles. The molecule has 0 aliphatic carbocycles. The summed E-state index contributed by atoms with van der Waals surface area (Å²) in [6.45, 7) is 9.47. The number of pyridine rings is 1. The maximum atomic E-state index is 13.7. The van der Waals surface area contributed by atoms with E-state index in [0.717, 1.165) is 6.07 Å². The molecule has 0 fully saturated rings. The van der Waals surface area contributed by atoms with E-state index < -0.39 is 11.7 Å². The largest absolute Gasteiger partial charge is 0.473 e. The van der Waals surface area contributed by atoms with Gasteiger partial charge in [-0.1, -0.05) is 39.0 Å². The lowest BCUT2D eigenvalue weighted by Gasteiger charge is -2.15. The van der Waals surface area contributed by atoms with Crippen molar-refractivity contribution in [2.75, 3.05) is 0 Å². The average Bonchev–Trinajstić information content (AvgIpc) is 3.32. The molecule has 0 amide bonds. The number of aryl methyl sites for hydroxylation is 1. The Balaban J connectivity index is 1.98. The predicted octanol–water partition coefficient (Wildman–Crippen LogP) is 6.00. The van der Waals surface area contributed by atoms with Gasteiger partial charge < -0.3 is 9.72 Å². The number of hydrogen-bond donors (Lipinski definition) is 1. The molecule has 4 aromatic rings. The summed E-state index contributed by atoms with van der Waals surface area (Å²) in [6.07, 6.45) is -4.84. The Kier molecular flexibility index (Phi) is 5.83. The average molecular weight is 483 g/mol. The number of halogens is 3. The summed E-state index contributed by atoms with van der Waals surface area (Å²) in [5.74, 6) is 0.447. The molecule has 1 aromatic carbocycles. The first-order chi connectivity index (χ1) is 16.3. The van der Waals surface area contributed by atoms with Gasteiger partial charge in [-0.2, -0.15) is 23.5 Å². The van der Waals surface area contributed by atoms with Gasteiger partial charge in [-0.25, -0.2) is 9.97 Å². The molecule has 0 unspecified atom stereocenters. The lowest BCUT2D eigenvalue weighted by molar-refractivity contribution is -0.137. The summed E-state index contributed by atoms with van der Waals surface area (Å²) in [6, 6.07) is 9.00. The molecule has 0 bridgehead atoms. The topological polar surface area (TPSA) is 92.4 Å². The van der Waals surface area contributed by atoms with Gasteiger partial charge in [-0.3, -0.25) is 4.68 Å². The molecule has 3 aromatic heterocycles. The number of fused-ring (bicyclic) bond motifs is 1. The van der Waals surface area contributed by atoms with Crippen LogP contribution in [0.5, 0.6) is 5.88 Å². The van der Waals surface area contributed by atoms with Gasteiger partial charge in [-0.15, -0.1) is 0 Å². The van der Waals surface area contributed by atoms with Gasteiger partial charge >= 0.3 is 6.18 Å². The summed E-state index contributed by atoms with van der Waals surface area (Å²) in [5, 5.41) is 14.4. The summed E-state index contributed by atoms with van der Waals surface area (Å²) in [4.78, 5) is 12.2. The van der Waals surface area contributed by atoms with Crippen LogP contribution in [-0.2, 0) is 18.6 Å². The molecule has 0 radical (unpaired) electrons. The second-order valence-corrected chi connectivity index (χ2v) is 9.56. The van der Waals surface area contributed by atoms with E-state index in [1.807, 2.05) is 20.8 Å². The highest BCUT2D eigenvalue weighted by Gasteiger charge is 2.34. The third-order valence-corrected chi connectivity index (χ3v) is 5.39. The van der Waals surface area contributed by atoms with Crippen LogP contribution in [0.3, 0.4) is 0 Å². The van der Waals surface area contributed by atoms with E-state index in [4.69, 9.17) is 4.74 Å². The van der Waals surface area contributed by atoms with E-state index in [2.05, 4.69) is 26.1 Å². The predicted molar refractivity (Wildman–Crippen MR) is 126 cm³/mol. The van der Waals surface area contributed by atoms with Crippen molar-refractivity contribution in [3.63, 3.8) is 0 Å². The van der Waals surface area contributed by atoms with E-state index in [-0.39, 0.29) is 28.7 Å². The van der Waals surface area contributed by atoms with Crippen molar-refractivity contribution >= 4 is 11.0 Å². The SMILES string of the molecule is CC(C)Oc1nc(-c2ccccc2C(F)(F)F)cc2[nH]c(-c3c(C#N)c(C(C)(C)C)nn3C)nc12. The van der Waals surface area contributed by atoms with Gasteiger partial charge in [0.15, 0.2) is 11.3 Å². The van der Waals surface area contributed by atoms with Crippen LogP contribution in [0, 0.1) is 11.3 Å². The zero-order valence-electron chi connectivity index (χ0n) is 20.2. The third-order valence-electron chi connectivity index (χ3n) is 5.39. The number of hydrogen-bond acceptors (Lipinski definition) is 5. The first-order valence-electron chi connectivity index (χ1n) is 11.0. The van der Waals surface area contributed by atoms with Gasteiger partial charge in [0.1, 0.15) is 17.3 Å². The number of H-pyrrole nitrogens is 1. The van der Waals surface area contributed by atoms with Crippen LogP contribution < -0.4 is 4.74 Å². The number of nitrogens with zero attached hydrogens (tertiary/aromatic N) is 5. The zero-order chi connectivity index (χ0) is 25.7. The Morgan fingerprint density at radius 1 is 1.11 bits per heavy atom. The van der Waals surface area contributed by atoms with E-state index >= 15 is 0 Å². The molecule has 0 atom stereocenters. The fourth-order valence-electron chi connectivity index (χ4n) is 3.92. The van der Waals surface area contributed by atoms with E-state index in [9.17, 15) is 18.4 Å². The van der Waals surface area contributed by atoms with Crippen molar-refractivity contribution in [3.05, 3.63) is 47.2 Å². The maximum absolute atomic E-state index is 13.7. The highest BCUT2D eigenvalue weighted by Crippen LogP contribution is 2.39. The maximum Gasteiger partial charge on any atom is 0.417 e. The van der Waals surface area contributed by atoms with Crippen molar-refractivity contribution in [2.24, 2.45) is 7.05 Å². The summed E-state index contributed by atoms with van der Waals surface area (Å²) in [5.41, 5.74) is 1.10. The first kappa shape index (κ1) is 24.3. The summed E-state index contributed by atoms with van der Waals surface area (Å²) >= 11 is 0. The molecule has 3 heterocycles. The van der Waals surface area contributed by atoms with Crippen LogP contribution in [0.1, 0.15) is 51.4 Å². The monoisotopic (exact) mass is 482 g/mol. The highest BCUT2D eigenvalue weighted by atomic mass is 19.4. The zero-order valence-corrected chi connectivity index (χ0v) is 20.2. The number of benzene rings is 1. The Morgan fingerprint density at radius 3 is 2.40 bits per heavy atom. The lowest BCUT2D eigenvalue weighted by Crippen LogP contribution is -2.14. The van der Waals surface area contributed by atoms with Gasteiger partial charge in [0.2, 0.25) is 5.88 Å². The van der Waals surface area contributed by atoms with Crippen LogP contribution in [-0.4, -0.2) is 30.8 Å². The molecule has 182 valence electrons. The van der Waals surface area contributed by atoms with Crippen molar-refractivity contribution in [3.8, 4) is 34.7 Å². The fraction of sp³-hybridized carbons (Fsp3) is 0.360. The Bertz CT molecular complexity index is 1450. The van der Waals surface area contributed by atoms with Crippen molar-refractivity contribution in [1.29, 1.82) is 5.26 Å². The van der Waals surface area contributed by atoms with Gasteiger partial charge in [-0.05, 0) is 26.0 Å². The number of rotatable bonds is 4. The molecular formula is C25H25F3N6O. The molecule has 10 heteroatoms. The second kappa shape index (κ2) is 8.41. The van der Waals surface area contributed by atoms with Crippen LogP contribution in [0.25, 0.3) is 33.8 Å². The number of nitriles is 1. The van der Waals surface area contributed by atoms with E-state index in [1.54, 1.807) is 25.6 Å². The number of aromatic nitrogens is 5. The smallest absolute Gasteiger partial charge is 0.417 e. The molecule has 1 N–H and O–H groups in total. The highest BCUT2D eigenvalue weighted by molar-refractivity contribution is 5.87. The summed E-state index contributed by atoms with van der Waals surface area (Å²) < 4.78 is 48.5. The van der Waals surface area contributed by atoms with Crippen LogP contribution >= 0.6 is 0 Å². The van der Waals surface area contributed by atoms with Gasteiger partial charge in [0, 0.05) is 18.0 Å². The molecule has 4 rings (SSSR count). The Labute approximate surface area is 200 Å². The molecule has 0 aliphatic rings.